The van der Waals surface area contributed by atoms with Crippen LogP contribution in [0.4, 0.5) is 18.2 Å². The third kappa shape index (κ3) is 4.35. The van der Waals surface area contributed by atoms with Gasteiger partial charge < -0.3 is 9.26 Å². The second-order valence-corrected chi connectivity index (χ2v) is 9.54. The number of ether oxygens (including phenoxy) is 1. The first-order valence-corrected chi connectivity index (χ1v) is 11.3. The van der Waals surface area contributed by atoms with Crippen molar-refractivity contribution in [1.29, 1.82) is 0 Å². The van der Waals surface area contributed by atoms with Crippen LogP contribution < -0.4 is 4.72 Å². The highest BCUT2D eigenvalue weighted by atomic mass is 32.2. The summed E-state index contributed by atoms with van der Waals surface area (Å²) < 4.78 is 76.8. The van der Waals surface area contributed by atoms with E-state index >= 15 is 0 Å². The van der Waals surface area contributed by atoms with Gasteiger partial charge in [-0.3, -0.25) is 4.72 Å². The van der Waals surface area contributed by atoms with Crippen LogP contribution in [0.15, 0.2) is 28.8 Å². The molecule has 0 atom stereocenters. The lowest BCUT2D eigenvalue weighted by molar-refractivity contribution is -0.137. The molecule has 4 rings (SSSR count). The van der Waals surface area contributed by atoms with E-state index in [4.69, 9.17) is 9.26 Å². The molecule has 0 saturated heterocycles. The van der Waals surface area contributed by atoms with Gasteiger partial charge in [-0.05, 0) is 36.6 Å². The lowest BCUT2D eigenvalue weighted by Gasteiger charge is -2.12. The van der Waals surface area contributed by atoms with Crippen LogP contribution >= 0.6 is 11.3 Å². The predicted molar refractivity (Wildman–Crippen MR) is 103 cm³/mol. The number of hydrogen-bond acceptors (Lipinski definition) is 7. The van der Waals surface area contributed by atoms with E-state index in [-0.39, 0.29) is 11.5 Å². The normalized spacial score (nSPS) is 14.5. The number of anilines is 1. The Hall–Kier alpha value is -2.44. The van der Waals surface area contributed by atoms with Gasteiger partial charge in [-0.2, -0.15) is 18.2 Å². The van der Waals surface area contributed by atoms with Crippen molar-refractivity contribution in [1.82, 2.24) is 10.1 Å². The van der Waals surface area contributed by atoms with Gasteiger partial charge in [0.1, 0.15) is 5.00 Å². The van der Waals surface area contributed by atoms with Crippen LogP contribution in [0.25, 0.3) is 11.5 Å². The molecule has 0 amide bonds. The van der Waals surface area contributed by atoms with E-state index in [0.29, 0.717) is 36.0 Å². The number of halogens is 3. The minimum Gasteiger partial charge on any atom is -0.376 e. The molecule has 0 bridgehead atoms. The zero-order chi connectivity index (χ0) is 21.5. The summed E-state index contributed by atoms with van der Waals surface area (Å²) in [5, 5.41) is 4.09. The number of nitrogens with one attached hydrogen (secondary N) is 1. The molecule has 12 heteroatoms. The van der Waals surface area contributed by atoms with Gasteiger partial charge in [-0.25, -0.2) is 8.42 Å². The largest absolute Gasteiger partial charge is 0.416 e. The van der Waals surface area contributed by atoms with Crippen LogP contribution in [0.1, 0.15) is 27.4 Å². The summed E-state index contributed by atoms with van der Waals surface area (Å²) in [6, 6.07) is 4.02. The number of aryl methyl sites for hydroxylation is 1. The Bertz CT molecular complexity index is 1170. The van der Waals surface area contributed by atoms with Gasteiger partial charge in [0.05, 0.1) is 30.1 Å². The molecule has 7 nitrogen and oxygen atoms in total. The highest BCUT2D eigenvalue weighted by Gasteiger charge is 2.31. The van der Waals surface area contributed by atoms with E-state index in [2.05, 4.69) is 14.9 Å². The monoisotopic (exact) mass is 459 g/mol. The minimum absolute atomic E-state index is 0.208. The van der Waals surface area contributed by atoms with E-state index in [0.717, 1.165) is 34.7 Å². The number of alkyl halides is 3. The van der Waals surface area contributed by atoms with Gasteiger partial charge in [-0.1, -0.05) is 17.3 Å². The van der Waals surface area contributed by atoms with Crippen molar-refractivity contribution in [2.75, 3.05) is 11.3 Å². The smallest absolute Gasteiger partial charge is 0.376 e. The van der Waals surface area contributed by atoms with Crippen LogP contribution in [-0.4, -0.2) is 25.2 Å². The number of nitrogens with zero attached hydrogens (tertiary/aromatic N) is 2. The van der Waals surface area contributed by atoms with E-state index < -0.39 is 27.5 Å². The highest BCUT2D eigenvalue weighted by Crippen LogP contribution is 2.43. The number of thiophene rings is 1. The number of sulfonamides is 1. The molecule has 1 N–H and O–H groups in total. The van der Waals surface area contributed by atoms with Crippen molar-refractivity contribution in [2.24, 2.45) is 0 Å². The molecular formula is C18H16F3N3O4S2. The van der Waals surface area contributed by atoms with E-state index in [9.17, 15) is 21.6 Å². The van der Waals surface area contributed by atoms with Gasteiger partial charge in [0.15, 0.2) is 5.82 Å². The van der Waals surface area contributed by atoms with E-state index in [1.807, 2.05) is 0 Å². The van der Waals surface area contributed by atoms with Crippen molar-refractivity contribution in [3.63, 3.8) is 0 Å². The number of hydrogen-bond donors (Lipinski definition) is 1. The second-order valence-electron chi connectivity index (χ2n) is 6.71. The molecule has 3 aromatic rings. The summed E-state index contributed by atoms with van der Waals surface area (Å²) in [5.41, 5.74) is 0.809. The molecule has 1 aromatic carbocycles. The molecule has 0 unspecified atom stereocenters. The van der Waals surface area contributed by atoms with Crippen molar-refractivity contribution in [3.05, 3.63) is 51.7 Å². The summed E-state index contributed by atoms with van der Waals surface area (Å²) in [7, 11) is -3.91. The van der Waals surface area contributed by atoms with Gasteiger partial charge in [0, 0.05) is 4.88 Å². The number of aromatic nitrogens is 2. The molecule has 1 aliphatic rings. The third-order valence-electron chi connectivity index (χ3n) is 4.45. The van der Waals surface area contributed by atoms with Crippen LogP contribution in [0.2, 0.25) is 0 Å². The maximum absolute atomic E-state index is 12.7. The Morgan fingerprint density at radius 2 is 1.97 bits per heavy atom. The molecule has 0 radical (unpaired) electrons. The zero-order valence-electron chi connectivity index (χ0n) is 15.6. The van der Waals surface area contributed by atoms with Crippen molar-refractivity contribution in [2.45, 2.75) is 31.9 Å². The predicted octanol–water partition coefficient (Wildman–Crippen LogP) is 4.14. The molecule has 2 aromatic heterocycles. The summed E-state index contributed by atoms with van der Waals surface area (Å²) in [4.78, 5) is 5.08. The van der Waals surface area contributed by atoms with E-state index in [1.165, 1.54) is 11.3 Å². The van der Waals surface area contributed by atoms with Gasteiger partial charge >= 0.3 is 6.18 Å². The summed E-state index contributed by atoms with van der Waals surface area (Å²) in [6.07, 6.45) is -3.91. The average Bonchev–Trinajstić information content (AvgIpc) is 3.23. The molecule has 160 valence electrons. The van der Waals surface area contributed by atoms with Crippen molar-refractivity contribution < 1.29 is 30.8 Å². The number of rotatable bonds is 5. The topological polar surface area (TPSA) is 94.3 Å². The Kier molecular flexibility index (Phi) is 5.32. The Labute approximate surface area is 173 Å². The molecule has 30 heavy (non-hydrogen) atoms. The van der Waals surface area contributed by atoms with Crippen LogP contribution in [0.3, 0.4) is 0 Å². The molecule has 0 spiro atoms. The fourth-order valence-electron chi connectivity index (χ4n) is 3.12. The first-order valence-electron chi connectivity index (χ1n) is 8.82. The maximum Gasteiger partial charge on any atom is 0.416 e. The molecule has 1 aliphatic heterocycles. The maximum atomic E-state index is 12.7. The Morgan fingerprint density at radius 1 is 1.23 bits per heavy atom. The standard InChI is InChI=1S/C18H16F3N3O4S2/c1-10-22-16(28-23-10)15-13-6-7-27-8-14(13)29-17(15)24-30(25,26)9-11-2-4-12(5-3-11)18(19,20)21/h2-5,24H,6-9H2,1H3. The SMILES string of the molecule is Cc1noc(-c2c(NS(=O)(=O)Cc3ccc(C(F)(F)F)cc3)sc3c2CCOC3)n1. The molecule has 3 heterocycles. The summed E-state index contributed by atoms with van der Waals surface area (Å²) in [6.45, 7) is 2.49. The molecular weight excluding hydrogens is 443 g/mol. The Balaban J connectivity index is 1.62. The van der Waals surface area contributed by atoms with Crippen LogP contribution in [0.5, 0.6) is 0 Å². The highest BCUT2D eigenvalue weighted by molar-refractivity contribution is 7.92. The van der Waals surface area contributed by atoms with Crippen molar-refractivity contribution in [3.8, 4) is 11.5 Å². The van der Waals surface area contributed by atoms with Crippen LogP contribution in [-0.2, 0) is 39.7 Å². The Morgan fingerprint density at radius 3 is 2.60 bits per heavy atom. The zero-order valence-corrected chi connectivity index (χ0v) is 17.2. The van der Waals surface area contributed by atoms with E-state index in [1.54, 1.807) is 6.92 Å². The number of benzene rings is 1. The third-order valence-corrected chi connectivity index (χ3v) is 6.93. The fraction of sp³-hybridized carbons (Fsp3) is 0.333. The summed E-state index contributed by atoms with van der Waals surface area (Å²) >= 11 is 1.22. The second kappa shape index (κ2) is 7.67. The first kappa shape index (κ1) is 20.8. The quantitative estimate of drug-likeness (QED) is 0.616. The summed E-state index contributed by atoms with van der Waals surface area (Å²) in [5.74, 6) is 0.140. The fourth-order valence-corrected chi connectivity index (χ4v) is 5.78. The van der Waals surface area contributed by atoms with Crippen molar-refractivity contribution >= 4 is 26.4 Å². The molecule has 0 fully saturated rings. The lowest BCUT2D eigenvalue weighted by atomic mass is 10.1. The molecule has 0 aliphatic carbocycles. The van der Waals surface area contributed by atoms with Gasteiger partial charge in [0.2, 0.25) is 10.0 Å². The first-order chi connectivity index (χ1) is 14.1. The average molecular weight is 459 g/mol. The van der Waals surface area contributed by atoms with Gasteiger partial charge in [0.25, 0.3) is 5.89 Å². The lowest BCUT2D eigenvalue weighted by Crippen LogP contribution is -2.15. The molecule has 0 saturated carbocycles. The minimum atomic E-state index is -4.48. The van der Waals surface area contributed by atoms with Crippen LogP contribution in [0, 0.1) is 6.92 Å². The van der Waals surface area contributed by atoms with Gasteiger partial charge in [-0.15, -0.1) is 11.3 Å². The number of fused-ring (bicyclic) bond motifs is 1.